The van der Waals surface area contributed by atoms with Gasteiger partial charge in [0.25, 0.3) is 6.43 Å². The van der Waals surface area contributed by atoms with Crippen molar-refractivity contribution in [3.63, 3.8) is 0 Å². The Labute approximate surface area is 92.2 Å². The van der Waals surface area contributed by atoms with Crippen LogP contribution in [0.15, 0.2) is 6.20 Å². The Morgan fingerprint density at radius 2 is 2.13 bits per heavy atom. The topological polar surface area (TPSA) is 17.8 Å². The molecule has 1 aliphatic rings. The van der Waals surface area contributed by atoms with Gasteiger partial charge in [0.05, 0.1) is 18.1 Å². The van der Waals surface area contributed by atoms with E-state index in [2.05, 4.69) is 5.10 Å². The van der Waals surface area contributed by atoms with Crippen molar-refractivity contribution < 1.29 is 8.78 Å². The molecule has 1 fully saturated rings. The minimum atomic E-state index is -2.48. The highest BCUT2D eigenvalue weighted by atomic mass is 35.5. The second-order valence-corrected chi connectivity index (χ2v) is 4.14. The molecule has 0 bridgehead atoms. The second-order valence-electron chi connectivity index (χ2n) is 3.87. The Kier molecular flexibility index (Phi) is 3.24. The Balaban J connectivity index is 2.33. The quantitative estimate of drug-likeness (QED) is 0.730. The molecular formula is C10H13ClF2N2. The van der Waals surface area contributed by atoms with Crippen LogP contribution in [-0.2, 0) is 5.88 Å². The summed E-state index contributed by atoms with van der Waals surface area (Å²) in [6.45, 7) is 0. The third-order valence-corrected chi connectivity index (χ3v) is 3.22. The van der Waals surface area contributed by atoms with E-state index in [4.69, 9.17) is 11.6 Å². The molecule has 0 amide bonds. The standard InChI is InChI=1S/C10H13ClF2N2/c11-5-7-6-14-15(9(7)10(12)13)8-3-1-2-4-8/h6,8,10H,1-5H2. The average molecular weight is 235 g/mol. The third-order valence-electron chi connectivity index (χ3n) is 2.94. The smallest absolute Gasteiger partial charge is 0.260 e. The molecule has 0 aliphatic heterocycles. The third kappa shape index (κ3) is 2.00. The van der Waals surface area contributed by atoms with E-state index in [1.807, 2.05) is 0 Å². The Hall–Kier alpha value is -0.640. The average Bonchev–Trinajstić information content (AvgIpc) is 2.85. The van der Waals surface area contributed by atoms with E-state index in [1.165, 1.54) is 10.9 Å². The fourth-order valence-corrected chi connectivity index (χ4v) is 2.40. The largest absolute Gasteiger partial charge is 0.280 e. The first-order chi connectivity index (χ1) is 7.24. The molecule has 15 heavy (non-hydrogen) atoms. The lowest BCUT2D eigenvalue weighted by molar-refractivity contribution is 0.135. The van der Waals surface area contributed by atoms with Crippen LogP contribution in [0, 0.1) is 0 Å². The van der Waals surface area contributed by atoms with E-state index >= 15 is 0 Å². The molecule has 2 rings (SSSR count). The Morgan fingerprint density at radius 1 is 1.47 bits per heavy atom. The van der Waals surface area contributed by atoms with Gasteiger partial charge in [-0.1, -0.05) is 12.8 Å². The minimum Gasteiger partial charge on any atom is -0.260 e. The summed E-state index contributed by atoms with van der Waals surface area (Å²) >= 11 is 5.61. The fraction of sp³-hybridized carbons (Fsp3) is 0.700. The molecule has 1 saturated carbocycles. The van der Waals surface area contributed by atoms with Crippen molar-refractivity contribution in [1.82, 2.24) is 9.78 Å². The van der Waals surface area contributed by atoms with Crippen LogP contribution in [0.5, 0.6) is 0 Å². The molecule has 0 saturated heterocycles. The molecule has 0 atom stereocenters. The van der Waals surface area contributed by atoms with Crippen molar-refractivity contribution >= 4 is 11.6 Å². The van der Waals surface area contributed by atoms with Gasteiger partial charge in [-0.15, -0.1) is 11.6 Å². The number of hydrogen-bond donors (Lipinski definition) is 0. The summed E-state index contributed by atoms with van der Waals surface area (Å²) in [6.07, 6.45) is 3.08. The summed E-state index contributed by atoms with van der Waals surface area (Å²) in [5.74, 6) is 0.104. The predicted octanol–water partition coefficient (Wildman–Crippen LogP) is 3.67. The van der Waals surface area contributed by atoms with Gasteiger partial charge >= 0.3 is 0 Å². The summed E-state index contributed by atoms with van der Waals surface area (Å²) in [4.78, 5) is 0. The van der Waals surface area contributed by atoms with Gasteiger partial charge in [-0.3, -0.25) is 4.68 Å². The maximum Gasteiger partial charge on any atom is 0.280 e. The lowest BCUT2D eigenvalue weighted by atomic mass is 10.2. The van der Waals surface area contributed by atoms with Gasteiger partial charge in [-0.25, -0.2) is 8.78 Å². The summed E-state index contributed by atoms with van der Waals surface area (Å²) in [7, 11) is 0. The van der Waals surface area contributed by atoms with Crippen LogP contribution in [0.1, 0.15) is 49.4 Å². The van der Waals surface area contributed by atoms with Crippen molar-refractivity contribution in [2.45, 2.75) is 44.0 Å². The summed E-state index contributed by atoms with van der Waals surface area (Å²) in [5.41, 5.74) is 0.468. The van der Waals surface area contributed by atoms with Crippen LogP contribution < -0.4 is 0 Å². The summed E-state index contributed by atoms with van der Waals surface area (Å²) < 4.78 is 27.2. The maximum atomic E-state index is 12.8. The van der Waals surface area contributed by atoms with Crippen molar-refractivity contribution in [3.05, 3.63) is 17.5 Å². The first kappa shape index (κ1) is 10.9. The number of nitrogens with zero attached hydrogens (tertiary/aromatic N) is 2. The zero-order chi connectivity index (χ0) is 10.8. The van der Waals surface area contributed by atoms with Crippen LogP contribution in [0.4, 0.5) is 8.78 Å². The normalized spacial score (nSPS) is 17.9. The zero-order valence-corrected chi connectivity index (χ0v) is 9.05. The van der Waals surface area contributed by atoms with Crippen molar-refractivity contribution in [1.29, 1.82) is 0 Å². The van der Waals surface area contributed by atoms with Gasteiger partial charge in [0.15, 0.2) is 0 Å². The molecule has 0 N–H and O–H groups in total. The molecule has 0 radical (unpaired) electrons. The molecule has 0 unspecified atom stereocenters. The number of halogens is 3. The molecule has 84 valence electrons. The van der Waals surface area contributed by atoms with Crippen molar-refractivity contribution in [3.8, 4) is 0 Å². The van der Waals surface area contributed by atoms with Crippen LogP contribution >= 0.6 is 11.6 Å². The number of hydrogen-bond acceptors (Lipinski definition) is 1. The molecule has 0 spiro atoms. The highest BCUT2D eigenvalue weighted by molar-refractivity contribution is 6.17. The molecule has 1 aliphatic carbocycles. The number of aromatic nitrogens is 2. The van der Waals surface area contributed by atoms with E-state index < -0.39 is 6.43 Å². The van der Waals surface area contributed by atoms with E-state index in [-0.39, 0.29) is 17.6 Å². The zero-order valence-electron chi connectivity index (χ0n) is 8.30. The lowest BCUT2D eigenvalue weighted by Crippen LogP contribution is -2.11. The lowest BCUT2D eigenvalue weighted by Gasteiger charge is -2.14. The van der Waals surface area contributed by atoms with Gasteiger partial charge < -0.3 is 0 Å². The van der Waals surface area contributed by atoms with Gasteiger partial charge in [0, 0.05) is 5.56 Å². The number of alkyl halides is 3. The second kappa shape index (κ2) is 4.47. The molecule has 1 heterocycles. The van der Waals surface area contributed by atoms with Crippen molar-refractivity contribution in [2.75, 3.05) is 0 Å². The molecule has 1 aromatic rings. The van der Waals surface area contributed by atoms with Crippen LogP contribution in [0.25, 0.3) is 0 Å². The number of rotatable bonds is 3. The van der Waals surface area contributed by atoms with Gasteiger partial charge in [0.2, 0.25) is 0 Å². The van der Waals surface area contributed by atoms with E-state index in [1.54, 1.807) is 0 Å². The maximum absolute atomic E-state index is 12.8. The summed E-state index contributed by atoms with van der Waals surface area (Å²) in [6, 6.07) is 0.144. The Bertz CT molecular complexity index is 332. The van der Waals surface area contributed by atoms with E-state index in [0.29, 0.717) is 5.56 Å². The molecular weight excluding hydrogens is 222 g/mol. The van der Waals surface area contributed by atoms with Gasteiger partial charge in [-0.05, 0) is 12.8 Å². The van der Waals surface area contributed by atoms with Gasteiger partial charge in [0.1, 0.15) is 5.69 Å². The molecule has 1 aromatic heterocycles. The summed E-state index contributed by atoms with van der Waals surface area (Å²) in [5, 5.41) is 4.04. The minimum absolute atomic E-state index is 0.0110. The SMILES string of the molecule is FC(F)c1c(CCl)cnn1C1CCCC1. The first-order valence-electron chi connectivity index (χ1n) is 5.14. The molecule has 2 nitrogen and oxygen atoms in total. The predicted molar refractivity (Wildman–Crippen MR) is 54.2 cm³/mol. The van der Waals surface area contributed by atoms with Crippen LogP contribution in [0.2, 0.25) is 0 Å². The Morgan fingerprint density at radius 3 is 2.67 bits per heavy atom. The molecule has 5 heteroatoms. The highest BCUT2D eigenvalue weighted by Crippen LogP contribution is 2.34. The van der Waals surface area contributed by atoms with Crippen LogP contribution in [-0.4, -0.2) is 9.78 Å². The molecule has 0 aromatic carbocycles. The van der Waals surface area contributed by atoms with Crippen LogP contribution in [0.3, 0.4) is 0 Å². The highest BCUT2D eigenvalue weighted by Gasteiger charge is 2.26. The van der Waals surface area contributed by atoms with E-state index in [9.17, 15) is 8.78 Å². The van der Waals surface area contributed by atoms with Crippen molar-refractivity contribution in [2.24, 2.45) is 0 Å². The first-order valence-corrected chi connectivity index (χ1v) is 5.68. The monoisotopic (exact) mass is 234 g/mol. The fourth-order valence-electron chi connectivity index (χ4n) is 2.19. The van der Waals surface area contributed by atoms with Gasteiger partial charge in [-0.2, -0.15) is 5.10 Å². The van der Waals surface area contributed by atoms with E-state index in [0.717, 1.165) is 25.7 Å².